The third-order valence-corrected chi connectivity index (χ3v) is 3.41. The number of benzene rings is 1. The molecular formula is C19H23F2N5O2. The number of rotatable bonds is 9. The number of amides is 2. The van der Waals surface area contributed by atoms with Crippen LogP contribution in [0.4, 0.5) is 8.78 Å². The van der Waals surface area contributed by atoms with Crippen LogP contribution in [0, 0.1) is 24.0 Å². The van der Waals surface area contributed by atoms with Crippen molar-refractivity contribution in [2.45, 2.75) is 6.54 Å². The monoisotopic (exact) mass is 391 g/mol. The van der Waals surface area contributed by atoms with Gasteiger partial charge in [0, 0.05) is 13.1 Å². The van der Waals surface area contributed by atoms with E-state index in [-0.39, 0.29) is 24.5 Å². The van der Waals surface area contributed by atoms with Crippen molar-refractivity contribution < 1.29 is 18.4 Å². The Morgan fingerprint density at radius 1 is 1.25 bits per heavy atom. The van der Waals surface area contributed by atoms with E-state index in [0.717, 1.165) is 18.2 Å². The van der Waals surface area contributed by atoms with E-state index in [1.54, 1.807) is 0 Å². The number of halogens is 2. The molecule has 0 saturated carbocycles. The Morgan fingerprint density at radius 3 is 2.54 bits per heavy atom. The Balaban J connectivity index is 2.91. The van der Waals surface area contributed by atoms with Crippen LogP contribution in [0.3, 0.4) is 0 Å². The molecular weight excluding hydrogens is 368 g/mol. The van der Waals surface area contributed by atoms with Gasteiger partial charge in [-0.25, -0.2) is 8.78 Å². The van der Waals surface area contributed by atoms with Gasteiger partial charge >= 0.3 is 0 Å². The first kappa shape index (κ1) is 22.8. The summed E-state index contributed by atoms with van der Waals surface area (Å²) >= 11 is 0. The second-order valence-electron chi connectivity index (χ2n) is 5.99. The van der Waals surface area contributed by atoms with Crippen LogP contribution in [0.5, 0.6) is 0 Å². The van der Waals surface area contributed by atoms with Gasteiger partial charge in [-0.05, 0) is 37.9 Å². The summed E-state index contributed by atoms with van der Waals surface area (Å²) in [6.45, 7) is 0.818. The highest BCUT2D eigenvalue weighted by Crippen LogP contribution is 2.08. The number of nitrogens with two attached hydrogens (primary N) is 1. The van der Waals surface area contributed by atoms with Gasteiger partial charge in [-0.2, -0.15) is 0 Å². The summed E-state index contributed by atoms with van der Waals surface area (Å²) in [7, 11) is 3.73. The van der Waals surface area contributed by atoms with Gasteiger partial charge in [0.05, 0.1) is 13.1 Å². The first-order valence-corrected chi connectivity index (χ1v) is 8.34. The SMILES string of the molecule is C#CCNC(=O)/C(=C/C(N)=NCCN(C)C)C(=O)NCc1ccc(F)c(F)c1. The Kier molecular flexibility index (Phi) is 9.33. The number of carbonyl (C=O) groups is 2. The molecule has 0 spiro atoms. The number of hydrogen-bond acceptors (Lipinski definition) is 4. The quantitative estimate of drug-likeness (QED) is 0.140. The van der Waals surface area contributed by atoms with Crippen LogP contribution < -0.4 is 16.4 Å². The summed E-state index contributed by atoms with van der Waals surface area (Å²) in [6.07, 6.45) is 6.25. The molecule has 1 aromatic carbocycles. The molecule has 0 fully saturated rings. The number of aliphatic imine (C=N–C) groups is 1. The van der Waals surface area contributed by atoms with Gasteiger partial charge < -0.3 is 21.3 Å². The van der Waals surface area contributed by atoms with Crippen LogP contribution in [0.25, 0.3) is 0 Å². The molecule has 7 nitrogen and oxygen atoms in total. The van der Waals surface area contributed by atoms with Crippen molar-refractivity contribution in [3.05, 3.63) is 47.0 Å². The zero-order valence-electron chi connectivity index (χ0n) is 15.8. The number of hydrogen-bond donors (Lipinski definition) is 3. The minimum atomic E-state index is -1.04. The first-order valence-electron chi connectivity index (χ1n) is 8.34. The Bertz CT molecular complexity index is 813. The molecule has 1 rings (SSSR count). The van der Waals surface area contributed by atoms with Gasteiger partial charge in [-0.1, -0.05) is 12.0 Å². The summed E-state index contributed by atoms with van der Waals surface area (Å²) in [6, 6.07) is 3.22. The Morgan fingerprint density at radius 2 is 1.93 bits per heavy atom. The van der Waals surface area contributed by atoms with Crippen molar-refractivity contribution in [1.29, 1.82) is 0 Å². The van der Waals surface area contributed by atoms with Crippen LogP contribution in [0.1, 0.15) is 5.56 Å². The molecule has 0 radical (unpaired) electrons. The molecule has 4 N–H and O–H groups in total. The fraction of sp³-hybridized carbons (Fsp3) is 0.316. The highest BCUT2D eigenvalue weighted by atomic mass is 19.2. The number of nitrogens with one attached hydrogen (secondary N) is 2. The largest absolute Gasteiger partial charge is 0.384 e. The molecule has 0 saturated heterocycles. The van der Waals surface area contributed by atoms with Crippen molar-refractivity contribution in [3.63, 3.8) is 0 Å². The molecule has 1 aromatic rings. The highest BCUT2D eigenvalue weighted by Gasteiger charge is 2.18. The summed E-state index contributed by atoms with van der Waals surface area (Å²) in [5, 5.41) is 4.83. The second kappa shape index (κ2) is 11.5. The summed E-state index contributed by atoms with van der Waals surface area (Å²) in [5.41, 5.74) is 5.79. The maximum absolute atomic E-state index is 13.3. The molecule has 0 aliphatic carbocycles. The number of likely N-dealkylation sites (N-methyl/N-ethyl adjacent to an activating group) is 1. The van der Waals surface area contributed by atoms with Gasteiger partial charge in [-0.15, -0.1) is 6.42 Å². The Labute approximate surface area is 162 Å². The maximum Gasteiger partial charge on any atom is 0.257 e. The molecule has 0 unspecified atom stereocenters. The number of carbonyl (C=O) groups excluding carboxylic acids is 2. The van der Waals surface area contributed by atoms with Crippen molar-refractivity contribution in [3.8, 4) is 12.3 Å². The molecule has 9 heteroatoms. The van der Waals surface area contributed by atoms with E-state index >= 15 is 0 Å². The van der Waals surface area contributed by atoms with E-state index in [1.807, 2.05) is 19.0 Å². The van der Waals surface area contributed by atoms with E-state index < -0.39 is 23.4 Å². The lowest BCUT2D eigenvalue weighted by atomic mass is 10.1. The lowest BCUT2D eigenvalue weighted by Gasteiger charge is -2.10. The zero-order valence-corrected chi connectivity index (χ0v) is 15.8. The van der Waals surface area contributed by atoms with Gasteiger partial charge in [0.1, 0.15) is 11.4 Å². The van der Waals surface area contributed by atoms with Crippen LogP contribution in [-0.2, 0) is 16.1 Å². The molecule has 0 aliphatic heterocycles. The fourth-order valence-electron chi connectivity index (χ4n) is 1.96. The van der Waals surface area contributed by atoms with Crippen LogP contribution in [0.15, 0.2) is 34.8 Å². The smallest absolute Gasteiger partial charge is 0.257 e. The minimum Gasteiger partial charge on any atom is -0.384 e. The maximum atomic E-state index is 13.3. The predicted octanol–water partition coefficient (Wildman–Crippen LogP) is 0.176. The lowest BCUT2D eigenvalue weighted by molar-refractivity contribution is -0.123. The molecule has 0 aromatic heterocycles. The zero-order chi connectivity index (χ0) is 21.1. The average molecular weight is 391 g/mol. The highest BCUT2D eigenvalue weighted by molar-refractivity contribution is 6.21. The Hall–Kier alpha value is -3.25. The second-order valence-corrected chi connectivity index (χ2v) is 5.99. The third kappa shape index (κ3) is 7.97. The van der Waals surface area contributed by atoms with Gasteiger partial charge in [0.25, 0.3) is 11.8 Å². The molecule has 150 valence electrons. The topological polar surface area (TPSA) is 99.8 Å². The van der Waals surface area contributed by atoms with Crippen molar-refractivity contribution in [2.24, 2.45) is 10.7 Å². The van der Waals surface area contributed by atoms with Gasteiger partial charge in [0.15, 0.2) is 11.6 Å². The fourth-order valence-corrected chi connectivity index (χ4v) is 1.96. The molecule has 0 aliphatic rings. The molecule has 28 heavy (non-hydrogen) atoms. The standard InChI is InChI=1S/C19H23F2N5O2/c1-4-7-24-18(27)14(11-17(22)23-8-9-26(2)3)19(28)25-12-13-5-6-15(20)16(21)10-13/h1,5-6,10-11H,7-9,12H2,2-3H3,(H2,22,23)(H,24,27)(H,25,28)/b14-11-. The third-order valence-electron chi connectivity index (χ3n) is 3.41. The average Bonchev–Trinajstić information content (AvgIpc) is 2.64. The van der Waals surface area contributed by atoms with Crippen LogP contribution in [0.2, 0.25) is 0 Å². The number of nitrogens with zero attached hydrogens (tertiary/aromatic N) is 2. The summed E-state index contributed by atoms with van der Waals surface area (Å²) < 4.78 is 26.2. The van der Waals surface area contributed by atoms with Crippen molar-refractivity contribution in [1.82, 2.24) is 15.5 Å². The summed E-state index contributed by atoms with van der Waals surface area (Å²) in [4.78, 5) is 30.6. The van der Waals surface area contributed by atoms with Crippen molar-refractivity contribution >= 4 is 17.6 Å². The van der Waals surface area contributed by atoms with E-state index in [2.05, 4.69) is 21.5 Å². The van der Waals surface area contributed by atoms with Gasteiger partial charge in [-0.3, -0.25) is 14.6 Å². The molecule has 0 bridgehead atoms. The van der Waals surface area contributed by atoms with E-state index in [0.29, 0.717) is 18.7 Å². The lowest BCUT2D eigenvalue weighted by Crippen LogP contribution is -2.35. The van der Waals surface area contributed by atoms with Crippen molar-refractivity contribution in [2.75, 3.05) is 33.7 Å². The molecule has 0 atom stereocenters. The van der Waals surface area contributed by atoms with Crippen LogP contribution in [-0.4, -0.2) is 56.3 Å². The number of terminal acetylenes is 1. The van der Waals surface area contributed by atoms with Crippen LogP contribution >= 0.6 is 0 Å². The number of amidine groups is 1. The molecule has 2 amide bonds. The normalized spacial score (nSPS) is 11.9. The predicted molar refractivity (Wildman–Crippen MR) is 103 cm³/mol. The summed E-state index contributed by atoms with van der Waals surface area (Å²) in [5.74, 6) is -1.30. The van der Waals surface area contributed by atoms with E-state index in [4.69, 9.17) is 12.2 Å². The minimum absolute atomic E-state index is 0.00400. The van der Waals surface area contributed by atoms with E-state index in [1.165, 1.54) is 6.07 Å². The first-order chi connectivity index (χ1) is 13.2. The van der Waals surface area contributed by atoms with Gasteiger partial charge in [0.2, 0.25) is 0 Å². The van der Waals surface area contributed by atoms with E-state index in [9.17, 15) is 18.4 Å². The molecule has 0 heterocycles.